The molecule has 1 unspecified atom stereocenters. The monoisotopic (exact) mass is 425 g/mol. The normalized spacial score (nSPS) is 17.0. The molecular weight excluding hydrogens is 401 g/mol. The Morgan fingerprint density at radius 3 is 2.64 bits per heavy atom. The molecule has 0 bridgehead atoms. The fourth-order valence-corrected chi connectivity index (χ4v) is 3.26. The highest BCUT2D eigenvalue weighted by atomic mass is 35.5. The van der Waals surface area contributed by atoms with E-state index in [4.69, 9.17) is 27.9 Å². The first-order chi connectivity index (χ1) is 13.3. The molecule has 1 aliphatic heterocycles. The van der Waals surface area contributed by atoms with E-state index >= 15 is 0 Å². The molecule has 8 heteroatoms. The van der Waals surface area contributed by atoms with Crippen molar-refractivity contribution in [3.8, 4) is 0 Å². The summed E-state index contributed by atoms with van der Waals surface area (Å²) in [5.41, 5.74) is 1.62. The van der Waals surface area contributed by atoms with Gasteiger partial charge >= 0.3 is 12.0 Å². The van der Waals surface area contributed by atoms with Crippen LogP contribution in [-0.2, 0) is 9.53 Å². The van der Waals surface area contributed by atoms with Gasteiger partial charge in [0.1, 0.15) is 0 Å². The summed E-state index contributed by atoms with van der Waals surface area (Å²) < 4.78 is 5.32. The molecule has 0 saturated carbocycles. The Morgan fingerprint density at radius 2 is 2.07 bits per heavy atom. The van der Waals surface area contributed by atoms with Crippen molar-refractivity contribution in [3.05, 3.63) is 57.7 Å². The maximum atomic E-state index is 12.9. The molecule has 152 valence electrons. The van der Waals surface area contributed by atoms with Crippen LogP contribution in [0.5, 0.6) is 0 Å². The zero-order valence-corrected chi connectivity index (χ0v) is 17.8. The van der Waals surface area contributed by atoms with Crippen molar-refractivity contribution < 1.29 is 14.3 Å². The number of likely N-dealkylation sites (N-methyl/N-ethyl adjacent to an activating group) is 1. The molecule has 1 aliphatic rings. The first-order valence-electron chi connectivity index (χ1n) is 9.06. The number of nitrogens with zero attached hydrogens (tertiary/aromatic N) is 2. The maximum Gasteiger partial charge on any atom is 0.338 e. The van der Waals surface area contributed by atoms with Gasteiger partial charge in [-0.15, -0.1) is 6.58 Å². The van der Waals surface area contributed by atoms with E-state index in [1.165, 1.54) is 4.90 Å². The van der Waals surface area contributed by atoms with E-state index in [-0.39, 0.29) is 19.2 Å². The molecule has 1 heterocycles. The second-order valence-electron chi connectivity index (χ2n) is 6.37. The molecule has 0 aromatic heterocycles. The number of amides is 2. The number of nitrogens with one attached hydrogen (secondary N) is 1. The SMILES string of the molecule is C=CCN1C(=O)NC(c2ccc(Cl)c(Cl)c2)C(C(=O)OCC)=C1CN(C)CC. The molecule has 1 aromatic rings. The number of carbonyl (C=O) groups is 2. The van der Waals surface area contributed by atoms with Gasteiger partial charge in [-0.25, -0.2) is 9.59 Å². The number of ether oxygens (including phenoxy) is 1. The molecule has 0 fully saturated rings. The van der Waals surface area contributed by atoms with Crippen LogP contribution in [0.15, 0.2) is 42.1 Å². The summed E-state index contributed by atoms with van der Waals surface area (Å²) in [6.07, 6.45) is 1.62. The molecule has 1 N–H and O–H groups in total. The van der Waals surface area contributed by atoms with Crippen molar-refractivity contribution in [2.75, 3.05) is 33.3 Å². The summed E-state index contributed by atoms with van der Waals surface area (Å²) in [5.74, 6) is -0.480. The fourth-order valence-electron chi connectivity index (χ4n) is 2.95. The maximum absolute atomic E-state index is 12.9. The molecule has 0 spiro atoms. The van der Waals surface area contributed by atoms with Crippen molar-refractivity contribution >= 4 is 35.2 Å². The molecular formula is C20H25Cl2N3O3. The standard InChI is InChI=1S/C20H25Cl2N3O3/c1-5-10-25-16(12-24(4)6-2)17(19(26)28-7-3)18(23-20(25)27)13-8-9-14(21)15(22)11-13/h5,8-9,11,18H,1,6-7,10,12H2,2-4H3,(H,23,27). The summed E-state index contributed by atoms with van der Waals surface area (Å²) in [6, 6.07) is 4.02. The van der Waals surface area contributed by atoms with Crippen LogP contribution in [0, 0.1) is 0 Å². The van der Waals surface area contributed by atoms with Gasteiger partial charge in [-0.2, -0.15) is 0 Å². The molecule has 6 nitrogen and oxygen atoms in total. The number of halogens is 2. The van der Waals surface area contributed by atoms with Gasteiger partial charge in [-0.3, -0.25) is 4.90 Å². The number of benzene rings is 1. The van der Waals surface area contributed by atoms with E-state index in [9.17, 15) is 9.59 Å². The fraction of sp³-hybridized carbons (Fsp3) is 0.400. The van der Waals surface area contributed by atoms with Gasteiger partial charge in [0, 0.05) is 18.8 Å². The number of rotatable bonds is 8. The van der Waals surface area contributed by atoms with Crippen LogP contribution < -0.4 is 5.32 Å². The second-order valence-corrected chi connectivity index (χ2v) is 7.18. The average Bonchev–Trinajstić information content (AvgIpc) is 2.66. The van der Waals surface area contributed by atoms with Crippen molar-refractivity contribution in [1.29, 1.82) is 0 Å². The van der Waals surface area contributed by atoms with Gasteiger partial charge in [-0.1, -0.05) is 42.3 Å². The van der Waals surface area contributed by atoms with Crippen LogP contribution in [0.4, 0.5) is 4.79 Å². The third-order valence-corrected chi connectivity index (χ3v) is 5.22. The van der Waals surface area contributed by atoms with Crippen LogP contribution in [-0.4, -0.2) is 55.1 Å². The first kappa shape index (κ1) is 22.3. The number of carbonyl (C=O) groups excluding carboxylic acids is 2. The molecule has 28 heavy (non-hydrogen) atoms. The van der Waals surface area contributed by atoms with Gasteiger partial charge < -0.3 is 15.0 Å². The van der Waals surface area contributed by atoms with Crippen LogP contribution in [0.2, 0.25) is 10.0 Å². The zero-order valence-electron chi connectivity index (χ0n) is 16.3. The number of hydrogen-bond donors (Lipinski definition) is 1. The topological polar surface area (TPSA) is 61.9 Å². The molecule has 1 atom stereocenters. The van der Waals surface area contributed by atoms with Crippen molar-refractivity contribution in [2.45, 2.75) is 19.9 Å². The predicted molar refractivity (Wildman–Crippen MR) is 111 cm³/mol. The molecule has 2 rings (SSSR count). The van der Waals surface area contributed by atoms with Crippen molar-refractivity contribution in [1.82, 2.24) is 15.1 Å². The highest BCUT2D eigenvalue weighted by Gasteiger charge is 2.38. The Balaban J connectivity index is 2.67. The lowest BCUT2D eigenvalue weighted by Gasteiger charge is -2.37. The van der Waals surface area contributed by atoms with Crippen molar-refractivity contribution in [2.24, 2.45) is 0 Å². The highest BCUT2D eigenvalue weighted by molar-refractivity contribution is 6.42. The largest absolute Gasteiger partial charge is 0.463 e. The van der Waals surface area contributed by atoms with E-state index in [0.717, 1.165) is 6.54 Å². The molecule has 0 saturated heterocycles. The quantitative estimate of drug-likeness (QED) is 0.504. The summed E-state index contributed by atoms with van der Waals surface area (Å²) in [5, 5.41) is 3.63. The number of hydrogen-bond acceptors (Lipinski definition) is 4. The summed E-state index contributed by atoms with van der Waals surface area (Å²) in [7, 11) is 1.92. The lowest BCUT2D eigenvalue weighted by atomic mass is 9.94. The minimum Gasteiger partial charge on any atom is -0.463 e. The van der Waals surface area contributed by atoms with E-state index in [1.807, 2.05) is 18.9 Å². The van der Waals surface area contributed by atoms with Gasteiger partial charge in [0.2, 0.25) is 0 Å². The van der Waals surface area contributed by atoms with Crippen molar-refractivity contribution in [3.63, 3.8) is 0 Å². The third kappa shape index (κ3) is 4.87. The average molecular weight is 426 g/mol. The van der Waals surface area contributed by atoms with E-state index < -0.39 is 12.0 Å². The number of esters is 1. The molecule has 2 amide bonds. The number of urea groups is 1. The van der Waals surface area contributed by atoms with Gasteiger partial charge in [0.15, 0.2) is 0 Å². The first-order valence-corrected chi connectivity index (χ1v) is 9.82. The van der Waals surface area contributed by atoms with Crippen LogP contribution in [0.1, 0.15) is 25.5 Å². The zero-order chi connectivity index (χ0) is 20.8. The second kappa shape index (κ2) is 9.96. The summed E-state index contributed by atoms with van der Waals surface area (Å²) in [6.45, 7) is 9.12. The van der Waals surface area contributed by atoms with Gasteiger partial charge in [0.25, 0.3) is 0 Å². The Kier molecular flexibility index (Phi) is 7.92. The Bertz CT molecular complexity index is 795. The lowest BCUT2D eigenvalue weighted by Crippen LogP contribution is -2.50. The molecule has 0 radical (unpaired) electrons. The smallest absolute Gasteiger partial charge is 0.338 e. The lowest BCUT2D eigenvalue weighted by molar-refractivity contribution is -0.139. The van der Waals surface area contributed by atoms with Gasteiger partial charge in [-0.05, 0) is 38.2 Å². The minimum atomic E-state index is -0.692. The summed E-state index contributed by atoms with van der Waals surface area (Å²) >= 11 is 12.2. The Labute approximate surface area is 175 Å². The molecule has 0 aliphatic carbocycles. The van der Waals surface area contributed by atoms with Crippen LogP contribution in [0.25, 0.3) is 0 Å². The van der Waals surface area contributed by atoms with Crippen LogP contribution >= 0.6 is 23.2 Å². The molecule has 1 aromatic carbocycles. The Morgan fingerprint density at radius 1 is 1.36 bits per heavy atom. The predicted octanol–water partition coefficient (Wildman–Crippen LogP) is 4.01. The van der Waals surface area contributed by atoms with E-state index in [2.05, 4.69) is 11.9 Å². The van der Waals surface area contributed by atoms with Gasteiger partial charge in [0.05, 0.1) is 28.3 Å². The minimum absolute atomic E-state index is 0.225. The van der Waals surface area contributed by atoms with E-state index in [1.54, 1.807) is 31.2 Å². The van der Waals surface area contributed by atoms with Crippen LogP contribution in [0.3, 0.4) is 0 Å². The third-order valence-electron chi connectivity index (χ3n) is 4.48. The summed E-state index contributed by atoms with van der Waals surface area (Å²) in [4.78, 5) is 29.3. The highest BCUT2D eigenvalue weighted by Crippen LogP contribution is 2.34. The van der Waals surface area contributed by atoms with E-state index in [0.29, 0.717) is 33.4 Å². The Hall–Kier alpha value is -2.02.